The molecule has 3 heterocycles. The molecule has 6 nitrogen and oxygen atoms in total. The summed E-state index contributed by atoms with van der Waals surface area (Å²) < 4.78 is 11.1. The quantitative estimate of drug-likeness (QED) is 0.413. The molecule has 0 N–H and O–H groups in total. The maximum absolute atomic E-state index is 13.5. The lowest BCUT2D eigenvalue weighted by Crippen LogP contribution is -2.29. The zero-order valence-corrected chi connectivity index (χ0v) is 17.4. The van der Waals surface area contributed by atoms with Gasteiger partial charge >= 0.3 is 0 Å². The smallest absolute Gasteiger partial charge is 0.296 e. The van der Waals surface area contributed by atoms with Crippen molar-refractivity contribution in [2.45, 2.75) is 19.9 Å². The summed E-state index contributed by atoms with van der Waals surface area (Å²) in [6.45, 7) is 3.69. The van der Waals surface area contributed by atoms with Crippen LogP contribution in [-0.2, 0) is 0 Å². The molecule has 4 aromatic rings. The number of benzene rings is 2. The van der Waals surface area contributed by atoms with E-state index < -0.39 is 11.9 Å². The largest absolute Gasteiger partial charge is 0.449 e. The van der Waals surface area contributed by atoms with Crippen molar-refractivity contribution in [3.63, 3.8) is 0 Å². The van der Waals surface area contributed by atoms with Crippen LogP contribution in [0.4, 0.5) is 5.82 Å². The zero-order chi connectivity index (χ0) is 21.2. The summed E-state index contributed by atoms with van der Waals surface area (Å²) >= 11 is 12.4. The van der Waals surface area contributed by atoms with E-state index in [1.165, 1.54) is 17.0 Å². The second-order valence-corrected chi connectivity index (χ2v) is 8.07. The minimum atomic E-state index is -0.726. The van der Waals surface area contributed by atoms with E-state index in [9.17, 15) is 9.59 Å². The van der Waals surface area contributed by atoms with Gasteiger partial charge in [-0.2, -0.15) is 0 Å². The first kappa shape index (κ1) is 18.9. The molecule has 0 saturated carbocycles. The van der Waals surface area contributed by atoms with Gasteiger partial charge in [0.2, 0.25) is 5.76 Å². The zero-order valence-electron chi connectivity index (χ0n) is 15.9. The minimum absolute atomic E-state index is 0.0667. The number of anilines is 1. The monoisotopic (exact) mass is 440 g/mol. The Bertz CT molecular complexity index is 1390. The molecule has 0 fully saturated rings. The van der Waals surface area contributed by atoms with Crippen molar-refractivity contribution in [2.24, 2.45) is 0 Å². The first-order valence-electron chi connectivity index (χ1n) is 9.14. The van der Waals surface area contributed by atoms with Crippen LogP contribution in [0.3, 0.4) is 0 Å². The molecule has 0 bridgehead atoms. The second kappa shape index (κ2) is 6.72. The van der Waals surface area contributed by atoms with Gasteiger partial charge in [0.15, 0.2) is 16.8 Å². The van der Waals surface area contributed by atoms with Crippen LogP contribution < -0.4 is 10.3 Å². The fraction of sp³-hybridized carbons (Fsp3) is 0.136. The van der Waals surface area contributed by atoms with Gasteiger partial charge in [0, 0.05) is 11.1 Å². The average molecular weight is 441 g/mol. The third kappa shape index (κ3) is 2.75. The van der Waals surface area contributed by atoms with E-state index in [4.69, 9.17) is 32.1 Å². The molecule has 150 valence electrons. The molecule has 2 aromatic carbocycles. The number of halogens is 2. The molecule has 0 spiro atoms. The van der Waals surface area contributed by atoms with E-state index in [0.717, 1.165) is 11.1 Å². The highest BCUT2D eigenvalue weighted by Crippen LogP contribution is 2.42. The Morgan fingerprint density at radius 2 is 1.77 bits per heavy atom. The van der Waals surface area contributed by atoms with Crippen LogP contribution in [0.15, 0.2) is 56.2 Å². The SMILES string of the molecule is Cc1ccc([C@H]2c3c(oc4c(Cl)cc(Cl)cc4c3=O)C(=O)N2c2cc(C)on2)cc1. The Kier molecular flexibility index (Phi) is 4.24. The van der Waals surface area contributed by atoms with Crippen LogP contribution in [0, 0.1) is 13.8 Å². The molecule has 0 unspecified atom stereocenters. The lowest BCUT2D eigenvalue weighted by Gasteiger charge is -2.22. The standard InChI is InChI=1S/C22H14Cl2N2O4/c1-10-3-5-12(6-4-10)18-17-19(27)14-8-13(23)9-15(24)20(14)29-21(17)22(28)26(18)16-7-11(2)30-25-16/h3-9,18H,1-2H3/t18-/m0/s1. The van der Waals surface area contributed by atoms with Gasteiger partial charge in [-0.15, -0.1) is 0 Å². The van der Waals surface area contributed by atoms with E-state index >= 15 is 0 Å². The fourth-order valence-corrected chi connectivity index (χ4v) is 4.30. The summed E-state index contributed by atoms with van der Waals surface area (Å²) in [5.41, 5.74) is 1.77. The third-order valence-corrected chi connectivity index (χ3v) is 5.65. The number of carbonyl (C=O) groups is 1. The number of amides is 1. The highest BCUT2D eigenvalue weighted by Gasteiger charge is 2.45. The lowest BCUT2D eigenvalue weighted by atomic mass is 9.97. The van der Waals surface area contributed by atoms with Gasteiger partial charge in [-0.25, -0.2) is 0 Å². The Labute approximate surface area is 180 Å². The van der Waals surface area contributed by atoms with E-state index in [2.05, 4.69) is 5.16 Å². The second-order valence-electron chi connectivity index (χ2n) is 7.22. The topological polar surface area (TPSA) is 76.6 Å². The van der Waals surface area contributed by atoms with Crippen LogP contribution >= 0.6 is 23.2 Å². The molecule has 0 radical (unpaired) electrons. The Balaban J connectivity index is 1.84. The number of aryl methyl sites for hydroxylation is 2. The summed E-state index contributed by atoms with van der Waals surface area (Å²) in [6, 6.07) is 11.5. The molecule has 1 aliphatic rings. The van der Waals surface area contributed by atoms with Crippen molar-refractivity contribution in [2.75, 3.05) is 4.90 Å². The number of aromatic nitrogens is 1. The number of hydrogen-bond acceptors (Lipinski definition) is 5. The Morgan fingerprint density at radius 3 is 2.43 bits per heavy atom. The van der Waals surface area contributed by atoms with Crippen molar-refractivity contribution in [3.8, 4) is 0 Å². The summed E-state index contributed by atoms with van der Waals surface area (Å²) in [5.74, 6) is 0.273. The Hall–Kier alpha value is -3.09. The molecule has 2 aromatic heterocycles. The number of carbonyl (C=O) groups excluding carboxylic acids is 1. The van der Waals surface area contributed by atoms with Gasteiger partial charge in [0.25, 0.3) is 5.91 Å². The molecule has 1 amide bonds. The predicted octanol–water partition coefficient (Wildman–Crippen LogP) is 5.45. The van der Waals surface area contributed by atoms with Gasteiger partial charge in [-0.3, -0.25) is 14.5 Å². The lowest BCUT2D eigenvalue weighted by molar-refractivity contribution is 0.0969. The predicted molar refractivity (Wildman–Crippen MR) is 114 cm³/mol. The average Bonchev–Trinajstić information content (AvgIpc) is 3.25. The van der Waals surface area contributed by atoms with E-state index in [-0.39, 0.29) is 32.7 Å². The highest BCUT2D eigenvalue weighted by atomic mass is 35.5. The Morgan fingerprint density at radius 1 is 1.03 bits per heavy atom. The summed E-state index contributed by atoms with van der Waals surface area (Å²) in [5, 5.41) is 4.68. The van der Waals surface area contributed by atoms with Gasteiger partial charge < -0.3 is 8.94 Å². The van der Waals surface area contributed by atoms with Gasteiger partial charge in [0.1, 0.15) is 5.76 Å². The van der Waals surface area contributed by atoms with Crippen molar-refractivity contribution >= 4 is 45.9 Å². The van der Waals surface area contributed by atoms with Crippen LogP contribution in [0.1, 0.15) is 39.0 Å². The van der Waals surface area contributed by atoms with Crippen molar-refractivity contribution in [1.29, 1.82) is 0 Å². The number of rotatable bonds is 2. The summed E-state index contributed by atoms with van der Waals surface area (Å²) in [4.78, 5) is 28.3. The molecule has 30 heavy (non-hydrogen) atoms. The van der Waals surface area contributed by atoms with Crippen molar-refractivity contribution in [1.82, 2.24) is 5.16 Å². The molecule has 0 saturated heterocycles. The molecule has 0 aliphatic carbocycles. The van der Waals surface area contributed by atoms with E-state index in [1.807, 2.05) is 31.2 Å². The van der Waals surface area contributed by atoms with E-state index in [0.29, 0.717) is 16.6 Å². The fourth-order valence-electron chi connectivity index (χ4n) is 3.77. The molecular weight excluding hydrogens is 427 g/mol. The van der Waals surface area contributed by atoms with Crippen LogP contribution in [0.5, 0.6) is 0 Å². The minimum Gasteiger partial charge on any atom is -0.449 e. The number of nitrogens with zero attached hydrogens (tertiary/aromatic N) is 2. The van der Waals surface area contributed by atoms with Gasteiger partial charge in [-0.1, -0.05) is 58.2 Å². The van der Waals surface area contributed by atoms with E-state index in [1.54, 1.807) is 13.0 Å². The highest BCUT2D eigenvalue weighted by molar-refractivity contribution is 6.38. The first-order valence-corrected chi connectivity index (χ1v) is 9.90. The van der Waals surface area contributed by atoms with Gasteiger partial charge in [0.05, 0.1) is 22.0 Å². The summed E-state index contributed by atoms with van der Waals surface area (Å²) in [7, 11) is 0. The molecule has 8 heteroatoms. The third-order valence-electron chi connectivity index (χ3n) is 5.15. The normalized spacial score (nSPS) is 15.8. The van der Waals surface area contributed by atoms with Crippen molar-refractivity contribution in [3.05, 3.63) is 90.9 Å². The van der Waals surface area contributed by atoms with Gasteiger partial charge in [-0.05, 0) is 31.5 Å². The summed E-state index contributed by atoms with van der Waals surface area (Å²) in [6.07, 6.45) is 0. The van der Waals surface area contributed by atoms with Crippen molar-refractivity contribution < 1.29 is 13.7 Å². The van der Waals surface area contributed by atoms with Crippen LogP contribution in [0.25, 0.3) is 11.0 Å². The maximum atomic E-state index is 13.5. The molecule has 5 rings (SSSR count). The molecule has 1 aliphatic heterocycles. The molecule has 1 atom stereocenters. The van der Waals surface area contributed by atoms with Crippen LogP contribution in [0.2, 0.25) is 10.0 Å². The maximum Gasteiger partial charge on any atom is 0.296 e. The number of fused-ring (bicyclic) bond motifs is 2. The number of hydrogen-bond donors (Lipinski definition) is 0. The van der Waals surface area contributed by atoms with Crippen LogP contribution in [-0.4, -0.2) is 11.1 Å². The first-order chi connectivity index (χ1) is 14.3. The molecular formula is C22H14Cl2N2O4.